The molecule has 0 aromatic heterocycles. The summed E-state index contributed by atoms with van der Waals surface area (Å²) in [5, 5.41) is 22.2. The number of nitrogens with one attached hydrogen (secondary N) is 1. The normalized spacial score (nSPS) is 38.5. The smallest absolute Gasteiger partial charge is 0.0992 e. The van der Waals surface area contributed by atoms with Gasteiger partial charge in [0.15, 0.2) is 0 Å². The van der Waals surface area contributed by atoms with Crippen molar-refractivity contribution in [2.24, 2.45) is 0 Å². The topological polar surface area (TPSA) is 52.5 Å². The van der Waals surface area contributed by atoms with Gasteiger partial charge in [-0.15, -0.1) is 12.4 Å². The van der Waals surface area contributed by atoms with Crippen molar-refractivity contribution >= 4 is 12.4 Å². The third-order valence-electron chi connectivity index (χ3n) is 3.09. The maximum Gasteiger partial charge on any atom is 0.0992 e. The number of aliphatic hydroxyl groups is 2. The van der Waals surface area contributed by atoms with Crippen molar-refractivity contribution in [1.82, 2.24) is 5.32 Å². The van der Waals surface area contributed by atoms with Gasteiger partial charge in [0.1, 0.15) is 0 Å². The number of rotatable bonds is 0. The first-order chi connectivity index (χ1) is 5.25. The molecule has 2 fully saturated rings. The molecule has 2 rings (SSSR count). The lowest BCUT2D eigenvalue weighted by molar-refractivity contribution is 0.0124. The standard InChI is InChI=1S/C8H15NO2.ClH/c10-6-5-9-8(7(6)11)3-1-2-4-8;/h6-7,9-11H,1-5H2;1H/t6-,7-;/m0./s1. The Labute approximate surface area is 78.6 Å². The zero-order chi connectivity index (χ0) is 7.90. The lowest BCUT2D eigenvalue weighted by Crippen LogP contribution is -2.46. The van der Waals surface area contributed by atoms with E-state index in [-0.39, 0.29) is 17.9 Å². The lowest BCUT2D eigenvalue weighted by Gasteiger charge is -2.27. The molecule has 1 aliphatic carbocycles. The van der Waals surface area contributed by atoms with Gasteiger partial charge in [0.25, 0.3) is 0 Å². The quantitative estimate of drug-likeness (QED) is 0.510. The molecule has 0 aromatic rings. The zero-order valence-corrected chi connectivity index (χ0v) is 7.81. The third-order valence-corrected chi connectivity index (χ3v) is 3.09. The van der Waals surface area contributed by atoms with Crippen molar-refractivity contribution in [3.8, 4) is 0 Å². The van der Waals surface area contributed by atoms with Gasteiger partial charge in [0.2, 0.25) is 0 Å². The van der Waals surface area contributed by atoms with Gasteiger partial charge >= 0.3 is 0 Å². The van der Waals surface area contributed by atoms with E-state index in [1.807, 2.05) is 0 Å². The predicted octanol–water partition coefficient (Wildman–Crippen LogP) is 0.0460. The monoisotopic (exact) mass is 193 g/mol. The minimum Gasteiger partial charge on any atom is -0.389 e. The first-order valence-electron chi connectivity index (χ1n) is 4.36. The minimum atomic E-state index is -0.548. The molecule has 3 nitrogen and oxygen atoms in total. The Hall–Kier alpha value is 0.170. The van der Waals surface area contributed by atoms with E-state index in [0.29, 0.717) is 6.54 Å². The summed E-state index contributed by atoms with van der Waals surface area (Å²) in [6.45, 7) is 0.557. The molecular formula is C8H16ClNO2. The van der Waals surface area contributed by atoms with E-state index in [9.17, 15) is 10.2 Å². The van der Waals surface area contributed by atoms with Crippen molar-refractivity contribution in [3.63, 3.8) is 0 Å². The van der Waals surface area contributed by atoms with Crippen LogP contribution < -0.4 is 5.32 Å². The van der Waals surface area contributed by atoms with Crippen LogP contribution in [0.2, 0.25) is 0 Å². The molecule has 1 spiro atoms. The molecule has 1 saturated heterocycles. The molecule has 0 unspecified atom stereocenters. The molecular weight excluding hydrogens is 178 g/mol. The Balaban J connectivity index is 0.000000720. The van der Waals surface area contributed by atoms with Gasteiger partial charge in [0, 0.05) is 12.1 Å². The first kappa shape index (κ1) is 10.3. The molecule has 0 radical (unpaired) electrons. The second kappa shape index (κ2) is 3.50. The fourth-order valence-electron chi connectivity index (χ4n) is 2.37. The van der Waals surface area contributed by atoms with Crippen molar-refractivity contribution in [3.05, 3.63) is 0 Å². The Bertz CT molecular complexity index is 159. The van der Waals surface area contributed by atoms with Gasteiger partial charge in [0.05, 0.1) is 12.2 Å². The van der Waals surface area contributed by atoms with Crippen LogP contribution >= 0.6 is 12.4 Å². The first-order valence-corrected chi connectivity index (χ1v) is 4.36. The number of halogens is 1. The van der Waals surface area contributed by atoms with E-state index in [4.69, 9.17) is 0 Å². The molecule has 2 atom stereocenters. The number of β-amino-alcohol motifs (C(OH)–C–C–N with tert-alkyl or cyclic N) is 1. The summed E-state index contributed by atoms with van der Waals surface area (Å²) in [5.41, 5.74) is -0.126. The van der Waals surface area contributed by atoms with Crippen LogP contribution in [0.4, 0.5) is 0 Å². The Kier molecular flexibility index (Phi) is 2.99. The summed E-state index contributed by atoms with van der Waals surface area (Å²) < 4.78 is 0. The average Bonchev–Trinajstić information content (AvgIpc) is 2.56. The van der Waals surface area contributed by atoms with Gasteiger partial charge in [-0.1, -0.05) is 12.8 Å². The van der Waals surface area contributed by atoms with E-state index in [1.54, 1.807) is 0 Å². The molecule has 72 valence electrons. The van der Waals surface area contributed by atoms with Crippen LogP contribution in [0.5, 0.6) is 0 Å². The fourth-order valence-corrected chi connectivity index (χ4v) is 2.37. The van der Waals surface area contributed by atoms with Crippen LogP contribution in [0.1, 0.15) is 25.7 Å². The SMILES string of the molecule is Cl.O[C@H]1CNC2(CCCC2)[C@H]1O. The molecule has 4 heteroatoms. The van der Waals surface area contributed by atoms with Crippen LogP contribution in [-0.2, 0) is 0 Å². The van der Waals surface area contributed by atoms with E-state index < -0.39 is 12.2 Å². The predicted molar refractivity (Wildman–Crippen MR) is 48.5 cm³/mol. The summed E-state index contributed by atoms with van der Waals surface area (Å²) in [5.74, 6) is 0. The highest BCUT2D eigenvalue weighted by atomic mass is 35.5. The van der Waals surface area contributed by atoms with Crippen LogP contribution in [0.15, 0.2) is 0 Å². The molecule has 2 aliphatic rings. The van der Waals surface area contributed by atoms with Crippen LogP contribution in [0.3, 0.4) is 0 Å². The van der Waals surface area contributed by atoms with Crippen molar-refractivity contribution in [1.29, 1.82) is 0 Å². The number of hydrogen-bond acceptors (Lipinski definition) is 3. The summed E-state index contributed by atoms with van der Waals surface area (Å²) >= 11 is 0. The number of hydrogen-bond donors (Lipinski definition) is 3. The highest BCUT2D eigenvalue weighted by molar-refractivity contribution is 5.85. The van der Waals surface area contributed by atoms with Crippen LogP contribution in [-0.4, -0.2) is 34.5 Å². The molecule has 1 aliphatic heterocycles. The largest absolute Gasteiger partial charge is 0.389 e. The maximum atomic E-state index is 9.64. The second-order valence-corrected chi connectivity index (χ2v) is 3.76. The van der Waals surface area contributed by atoms with Crippen molar-refractivity contribution < 1.29 is 10.2 Å². The van der Waals surface area contributed by atoms with Gasteiger partial charge in [-0.2, -0.15) is 0 Å². The summed E-state index contributed by atoms with van der Waals surface area (Å²) in [6, 6.07) is 0. The van der Waals surface area contributed by atoms with Crippen LogP contribution in [0, 0.1) is 0 Å². The molecule has 0 aromatic carbocycles. The molecule has 0 bridgehead atoms. The van der Waals surface area contributed by atoms with E-state index in [2.05, 4.69) is 5.32 Å². The van der Waals surface area contributed by atoms with Crippen molar-refractivity contribution in [2.75, 3.05) is 6.54 Å². The van der Waals surface area contributed by atoms with Gasteiger partial charge < -0.3 is 15.5 Å². The average molecular weight is 194 g/mol. The molecule has 1 heterocycles. The maximum absolute atomic E-state index is 9.64. The Morgan fingerprint density at radius 1 is 1.17 bits per heavy atom. The summed E-state index contributed by atoms with van der Waals surface area (Å²) in [4.78, 5) is 0. The van der Waals surface area contributed by atoms with E-state index >= 15 is 0 Å². The highest BCUT2D eigenvalue weighted by Crippen LogP contribution is 2.36. The zero-order valence-electron chi connectivity index (χ0n) is 6.99. The van der Waals surface area contributed by atoms with E-state index in [0.717, 1.165) is 12.8 Å². The fraction of sp³-hybridized carbons (Fsp3) is 1.00. The van der Waals surface area contributed by atoms with Gasteiger partial charge in [-0.25, -0.2) is 0 Å². The summed E-state index contributed by atoms with van der Waals surface area (Å²) in [6.07, 6.45) is 3.31. The Morgan fingerprint density at radius 3 is 2.17 bits per heavy atom. The molecule has 3 N–H and O–H groups in total. The lowest BCUT2D eigenvalue weighted by atomic mass is 9.92. The van der Waals surface area contributed by atoms with E-state index in [1.165, 1.54) is 12.8 Å². The number of aliphatic hydroxyl groups excluding tert-OH is 2. The second-order valence-electron chi connectivity index (χ2n) is 3.76. The van der Waals surface area contributed by atoms with Gasteiger partial charge in [-0.05, 0) is 12.8 Å². The molecule has 0 amide bonds. The summed E-state index contributed by atoms with van der Waals surface area (Å²) in [7, 11) is 0. The molecule has 1 saturated carbocycles. The minimum absolute atomic E-state index is 0. The van der Waals surface area contributed by atoms with Crippen molar-refractivity contribution in [2.45, 2.75) is 43.4 Å². The van der Waals surface area contributed by atoms with Crippen LogP contribution in [0.25, 0.3) is 0 Å². The van der Waals surface area contributed by atoms with Gasteiger partial charge in [-0.3, -0.25) is 0 Å². The Morgan fingerprint density at radius 2 is 1.75 bits per heavy atom. The third kappa shape index (κ3) is 1.35. The molecule has 12 heavy (non-hydrogen) atoms. The highest BCUT2D eigenvalue weighted by Gasteiger charge is 2.48.